The average Bonchev–Trinajstić information content (AvgIpc) is 2.27. The number of non-ortho nitro benzene ring substituents is 1. The molecule has 0 aromatic heterocycles. The second kappa shape index (κ2) is 6.43. The van der Waals surface area contributed by atoms with Crippen LogP contribution in [0.25, 0.3) is 0 Å². The Bertz CT molecular complexity index is 498. The van der Waals surface area contributed by atoms with Gasteiger partial charge in [-0.05, 0) is 5.56 Å². The Morgan fingerprint density at radius 2 is 1.83 bits per heavy atom. The molecule has 1 aromatic carbocycles. The lowest BCUT2D eigenvalue weighted by Crippen LogP contribution is -2.30. The first kappa shape index (κ1) is 14.6. The zero-order valence-corrected chi connectivity index (χ0v) is 10.7. The maximum absolute atomic E-state index is 10.8. The van der Waals surface area contributed by atoms with Gasteiger partial charge in [0.25, 0.3) is 5.69 Å². The van der Waals surface area contributed by atoms with Crippen LogP contribution in [0.3, 0.4) is 0 Å². The van der Waals surface area contributed by atoms with Crippen LogP contribution in [0.4, 0.5) is 5.69 Å². The zero-order valence-electron chi connectivity index (χ0n) is 9.92. The third-order valence-corrected chi connectivity index (χ3v) is 2.87. The van der Waals surface area contributed by atoms with Crippen molar-refractivity contribution in [3.05, 3.63) is 39.9 Å². The predicted molar refractivity (Wildman–Crippen MR) is 67.6 cm³/mol. The molecule has 0 amide bonds. The summed E-state index contributed by atoms with van der Waals surface area (Å²) in [4.78, 5) is 9.98. The van der Waals surface area contributed by atoms with E-state index in [2.05, 4.69) is 10.0 Å². The zero-order chi connectivity index (χ0) is 13.6. The summed E-state index contributed by atoms with van der Waals surface area (Å²) >= 11 is 0. The van der Waals surface area contributed by atoms with E-state index in [4.69, 9.17) is 0 Å². The summed E-state index contributed by atoms with van der Waals surface area (Å²) in [7, 11) is -3.15. The molecule has 2 N–H and O–H groups in total. The molecule has 0 atom stereocenters. The van der Waals surface area contributed by atoms with Crippen LogP contribution in [0.2, 0.25) is 0 Å². The first-order valence-electron chi connectivity index (χ1n) is 5.27. The van der Waals surface area contributed by atoms with Crippen LogP contribution in [0.15, 0.2) is 24.3 Å². The van der Waals surface area contributed by atoms with Gasteiger partial charge in [-0.2, -0.15) is 0 Å². The number of rotatable bonds is 7. The van der Waals surface area contributed by atoms with Gasteiger partial charge in [0.05, 0.1) is 11.2 Å². The van der Waals surface area contributed by atoms with Crippen LogP contribution in [0.5, 0.6) is 0 Å². The normalized spacial score (nSPS) is 11.4. The standard InChI is InChI=1S/C10H15N3O4S/c1-18(16,17)12-7-6-11-8-9-2-4-10(5-3-9)13(14)15/h2-5,11-12H,6-8H2,1H3. The Morgan fingerprint density at radius 1 is 1.22 bits per heavy atom. The summed E-state index contributed by atoms with van der Waals surface area (Å²) in [6.07, 6.45) is 1.10. The van der Waals surface area contributed by atoms with Gasteiger partial charge in [0.15, 0.2) is 0 Å². The molecule has 0 spiro atoms. The smallest absolute Gasteiger partial charge is 0.269 e. The highest BCUT2D eigenvalue weighted by atomic mass is 32.2. The number of nitrogens with one attached hydrogen (secondary N) is 2. The molecular formula is C10H15N3O4S. The van der Waals surface area contributed by atoms with E-state index in [0.29, 0.717) is 19.6 Å². The summed E-state index contributed by atoms with van der Waals surface area (Å²) in [5, 5.41) is 13.5. The second-order valence-electron chi connectivity index (χ2n) is 3.77. The average molecular weight is 273 g/mol. The van der Waals surface area contributed by atoms with E-state index < -0.39 is 14.9 Å². The van der Waals surface area contributed by atoms with E-state index in [1.165, 1.54) is 12.1 Å². The van der Waals surface area contributed by atoms with Crippen molar-refractivity contribution in [2.45, 2.75) is 6.54 Å². The Kier molecular flexibility index (Phi) is 5.20. The molecule has 1 aromatic rings. The highest BCUT2D eigenvalue weighted by molar-refractivity contribution is 7.88. The number of hydrogen-bond acceptors (Lipinski definition) is 5. The molecule has 0 saturated carbocycles. The van der Waals surface area contributed by atoms with Crippen molar-refractivity contribution in [1.82, 2.24) is 10.0 Å². The first-order chi connectivity index (χ1) is 8.38. The SMILES string of the molecule is CS(=O)(=O)NCCNCc1ccc([N+](=O)[O-])cc1. The van der Waals surface area contributed by atoms with Gasteiger partial charge in [0.1, 0.15) is 0 Å². The van der Waals surface area contributed by atoms with Gasteiger partial charge in [0.2, 0.25) is 10.0 Å². The lowest BCUT2D eigenvalue weighted by atomic mass is 10.2. The molecule has 18 heavy (non-hydrogen) atoms. The fourth-order valence-electron chi connectivity index (χ4n) is 1.29. The lowest BCUT2D eigenvalue weighted by Gasteiger charge is -2.05. The van der Waals surface area contributed by atoms with Crippen molar-refractivity contribution in [3.8, 4) is 0 Å². The molecular weight excluding hydrogens is 258 g/mol. The molecule has 0 radical (unpaired) electrons. The van der Waals surface area contributed by atoms with E-state index >= 15 is 0 Å². The number of hydrogen-bond donors (Lipinski definition) is 2. The van der Waals surface area contributed by atoms with Gasteiger partial charge in [0, 0.05) is 31.8 Å². The summed E-state index contributed by atoms with van der Waals surface area (Å²) in [5.41, 5.74) is 0.956. The van der Waals surface area contributed by atoms with Gasteiger partial charge in [-0.1, -0.05) is 12.1 Å². The molecule has 0 bridgehead atoms. The Morgan fingerprint density at radius 3 is 2.33 bits per heavy atom. The van der Waals surface area contributed by atoms with Crippen molar-refractivity contribution in [3.63, 3.8) is 0 Å². The largest absolute Gasteiger partial charge is 0.311 e. The number of nitro benzene ring substituents is 1. The molecule has 0 aliphatic rings. The van der Waals surface area contributed by atoms with Crippen LogP contribution >= 0.6 is 0 Å². The highest BCUT2D eigenvalue weighted by Gasteiger charge is 2.03. The molecule has 0 saturated heterocycles. The van der Waals surface area contributed by atoms with Gasteiger partial charge in [-0.3, -0.25) is 10.1 Å². The number of benzene rings is 1. The second-order valence-corrected chi connectivity index (χ2v) is 5.60. The Labute approximate surface area is 105 Å². The summed E-state index contributed by atoms with van der Waals surface area (Å²) in [5.74, 6) is 0. The molecule has 0 unspecified atom stereocenters. The van der Waals surface area contributed by atoms with E-state index in [1.54, 1.807) is 12.1 Å². The molecule has 0 heterocycles. The van der Waals surface area contributed by atoms with Crippen molar-refractivity contribution in [1.29, 1.82) is 0 Å². The Balaban J connectivity index is 2.29. The number of nitro groups is 1. The molecule has 100 valence electrons. The van der Waals surface area contributed by atoms with Crippen molar-refractivity contribution >= 4 is 15.7 Å². The van der Waals surface area contributed by atoms with Gasteiger partial charge < -0.3 is 5.32 Å². The van der Waals surface area contributed by atoms with Crippen molar-refractivity contribution < 1.29 is 13.3 Å². The molecule has 0 aliphatic heterocycles. The fraction of sp³-hybridized carbons (Fsp3) is 0.400. The van der Waals surface area contributed by atoms with Gasteiger partial charge in [-0.25, -0.2) is 13.1 Å². The molecule has 8 heteroatoms. The highest BCUT2D eigenvalue weighted by Crippen LogP contribution is 2.11. The molecule has 7 nitrogen and oxygen atoms in total. The molecule has 0 aliphatic carbocycles. The molecule has 0 fully saturated rings. The van der Waals surface area contributed by atoms with Crippen molar-refractivity contribution in [2.24, 2.45) is 0 Å². The summed E-state index contributed by atoms with van der Waals surface area (Å²) in [6, 6.07) is 6.20. The van der Waals surface area contributed by atoms with Gasteiger partial charge >= 0.3 is 0 Å². The van der Waals surface area contributed by atoms with Crippen LogP contribution in [0.1, 0.15) is 5.56 Å². The monoisotopic (exact) mass is 273 g/mol. The van der Waals surface area contributed by atoms with Crippen LogP contribution < -0.4 is 10.0 Å². The van der Waals surface area contributed by atoms with E-state index in [9.17, 15) is 18.5 Å². The minimum Gasteiger partial charge on any atom is -0.311 e. The van der Waals surface area contributed by atoms with E-state index in [0.717, 1.165) is 11.8 Å². The topological polar surface area (TPSA) is 101 Å². The third kappa shape index (κ3) is 5.71. The maximum Gasteiger partial charge on any atom is 0.269 e. The number of sulfonamides is 1. The minimum absolute atomic E-state index is 0.0532. The third-order valence-electron chi connectivity index (χ3n) is 2.14. The quantitative estimate of drug-likeness (QED) is 0.421. The van der Waals surface area contributed by atoms with Crippen LogP contribution in [-0.2, 0) is 16.6 Å². The van der Waals surface area contributed by atoms with Crippen molar-refractivity contribution in [2.75, 3.05) is 19.3 Å². The van der Waals surface area contributed by atoms with Crippen LogP contribution in [0, 0.1) is 10.1 Å². The van der Waals surface area contributed by atoms with E-state index in [1.807, 2.05) is 0 Å². The predicted octanol–water partition coefficient (Wildman–Crippen LogP) is 0.234. The first-order valence-corrected chi connectivity index (χ1v) is 7.16. The number of nitrogens with zero attached hydrogens (tertiary/aromatic N) is 1. The summed E-state index contributed by atoms with van der Waals surface area (Å²) < 4.78 is 23.9. The van der Waals surface area contributed by atoms with Crippen LogP contribution in [-0.4, -0.2) is 32.7 Å². The lowest BCUT2D eigenvalue weighted by molar-refractivity contribution is -0.384. The fourth-order valence-corrected chi connectivity index (χ4v) is 1.77. The molecule has 1 rings (SSSR count). The van der Waals surface area contributed by atoms with Gasteiger partial charge in [-0.15, -0.1) is 0 Å². The van der Waals surface area contributed by atoms with E-state index in [-0.39, 0.29) is 5.69 Å². The maximum atomic E-state index is 10.8. The minimum atomic E-state index is -3.15. The summed E-state index contributed by atoms with van der Waals surface area (Å²) in [6.45, 7) is 1.33. The Hall–Kier alpha value is -1.51.